The Morgan fingerprint density at radius 3 is 2.69 bits per heavy atom. The Morgan fingerprint density at radius 2 is 2.08 bits per heavy atom. The molecule has 0 radical (unpaired) electrons. The van der Waals surface area contributed by atoms with Gasteiger partial charge in [0.15, 0.2) is 5.96 Å². The van der Waals surface area contributed by atoms with E-state index in [1.807, 2.05) is 12.3 Å². The summed E-state index contributed by atoms with van der Waals surface area (Å²) in [5.74, 6) is 1.46. The highest BCUT2D eigenvalue weighted by Gasteiger charge is 2.23. The maximum Gasteiger partial charge on any atom is 0.191 e. The zero-order valence-corrected chi connectivity index (χ0v) is 18.6. The largest absolute Gasteiger partial charge is 0.379 e. The van der Waals surface area contributed by atoms with Gasteiger partial charge >= 0.3 is 0 Å². The topological polar surface area (TPSA) is 61.8 Å². The molecular formula is C19H34IN5O. The van der Waals surface area contributed by atoms with E-state index in [9.17, 15) is 0 Å². The van der Waals surface area contributed by atoms with Gasteiger partial charge in [-0.3, -0.25) is 14.9 Å². The van der Waals surface area contributed by atoms with E-state index < -0.39 is 0 Å². The van der Waals surface area contributed by atoms with Crippen LogP contribution >= 0.6 is 24.0 Å². The molecule has 1 aliphatic rings. The van der Waals surface area contributed by atoms with E-state index in [0.29, 0.717) is 12.0 Å². The smallest absolute Gasteiger partial charge is 0.191 e. The molecule has 0 amide bonds. The summed E-state index contributed by atoms with van der Waals surface area (Å²) < 4.78 is 5.48. The number of morpholine rings is 1. The van der Waals surface area contributed by atoms with Crippen LogP contribution in [0, 0.1) is 5.92 Å². The zero-order chi connectivity index (χ0) is 17.9. The number of hydrogen-bond donors (Lipinski definition) is 2. The highest BCUT2D eigenvalue weighted by Crippen LogP contribution is 2.13. The Kier molecular flexibility index (Phi) is 11.8. The molecule has 2 rings (SSSR count). The summed E-state index contributed by atoms with van der Waals surface area (Å²) in [6.45, 7) is 12.8. The van der Waals surface area contributed by atoms with Crippen molar-refractivity contribution < 1.29 is 4.74 Å². The van der Waals surface area contributed by atoms with Crippen LogP contribution in [0.1, 0.15) is 26.3 Å². The molecule has 1 fully saturated rings. The number of nitrogens with zero attached hydrogens (tertiary/aromatic N) is 3. The molecule has 6 nitrogen and oxygen atoms in total. The van der Waals surface area contributed by atoms with Crippen LogP contribution in [0.15, 0.2) is 29.5 Å². The molecule has 1 aromatic heterocycles. The monoisotopic (exact) mass is 475 g/mol. The van der Waals surface area contributed by atoms with Gasteiger partial charge < -0.3 is 15.4 Å². The van der Waals surface area contributed by atoms with Crippen LogP contribution in [0.3, 0.4) is 0 Å². The van der Waals surface area contributed by atoms with E-state index in [4.69, 9.17) is 9.73 Å². The lowest BCUT2D eigenvalue weighted by Gasteiger charge is -2.36. The van der Waals surface area contributed by atoms with E-state index >= 15 is 0 Å². The molecule has 0 bridgehead atoms. The minimum absolute atomic E-state index is 0. The predicted octanol–water partition coefficient (Wildman–Crippen LogP) is 2.15. The standard InChI is InChI=1S/C19H33N5O.HI/c1-4-21-19(22-9-7-17-6-5-8-20-14-17)23-15-18(16(2)3)24-10-12-25-13-11-24;/h5-6,8,14,16,18H,4,7,9-13,15H2,1-3H3,(H2,21,22,23);1H. The molecule has 1 atom stereocenters. The molecule has 0 spiro atoms. The molecule has 2 heterocycles. The number of halogens is 1. The van der Waals surface area contributed by atoms with Crippen LogP contribution < -0.4 is 10.6 Å². The van der Waals surface area contributed by atoms with Gasteiger partial charge in [0, 0.05) is 44.6 Å². The normalized spacial score (nSPS) is 16.8. The highest BCUT2D eigenvalue weighted by atomic mass is 127. The van der Waals surface area contributed by atoms with Crippen LogP contribution in [0.4, 0.5) is 0 Å². The second kappa shape index (κ2) is 13.3. The first kappa shape index (κ1) is 23.1. The van der Waals surface area contributed by atoms with Crippen LogP contribution in [-0.2, 0) is 11.2 Å². The molecule has 1 saturated heterocycles. The lowest BCUT2D eigenvalue weighted by atomic mass is 10.0. The summed E-state index contributed by atoms with van der Waals surface area (Å²) in [6.07, 6.45) is 4.66. The molecule has 1 unspecified atom stereocenters. The number of guanidine groups is 1. The first-order chi connectivity index (χ1) is 12.2. The summed E-state index contributed by atoms with van der Waals surface area (Å²) in [7, 11) is 0. The number of rotatable bonds is 8. The summed E-state index contributed by atoms with van der Waals surface area (Å²) in [4.78, 5) is 11.5. The Morgan fingerprint density at radius 1 is 1.31 bits per heavy atom. The quantitative estimate of drug-likeness (QED) is 0.343. The van der Waals surface area contributed by atoms with Crippen LogP contribution in [0.25, 0.3) is 0 Å². The van der Waals surface area contributed by atoms with Crippen molar-refractivity contribution in [2.24, 2.45) is 10.9 Å². The van der Waals surface area contributed by atoms with Gasteiger partial charge in [0.25, 0.3) is 0 Å². The van der Waals surface area contributed by atoms with Gasteiger partial charge in [-0.25, -0.2) is 0 Å². The van der Waals surface area contributed by atoms with Crippen LogP contribution in [0.5, 0.6) is 0 Å². The molecule has 7 heteroatoms. The van der Waals surface area contributed by atoms with Crippen LogP contribution in [-0.4, -0.2) is 67.8 Å². The Balaban J connectivity index is 0.00000338. The van der Waals surface area contributed by atoms with E-state index in [1.54, 1.807) is 6.20 Å². The first-order valence-corrected chi connectivity index (χ1v) is 9.43. The first-order valence-electron chi connectivity index (χ1n) is 9.43. The third-order valence-electron chi connectivity index (χ3n) is 4.49. The summed E-state index contributed by atoms with van der Waals surface area (Å²) in [5.41, 5.74) is 1.24. The second-order valence-electron chi connectivity index (χ2n) is 6.72. The highest BCUT2D eigenvalue weighted by molar-refractivity contribution is 14.0. The second-order valence-corrected chi connectivity index (χ2v) is 6.72. The maximum absolute atomic E-state index is 5.48. The van der Waals surface area contributed by atoms with Gasteiger partial charge in [0.1, 0.15) is 0 Å². The van der Waals surface area contributed by atoms with Crippen molar-refractivity contribution in [2.75, 3.05) is 45.9 Å². The average molecular weight is 475 g/mol. The Labute approximate surface area is 175 Å². The summed E-state index contributed by atoms with van der Waals surface area (Å²) >= 11 is 0. The van der Waals surface area contributed by atoms with E-state index in [0.717, 1.165) is 58.3 Å². The van der Waals surface area contributed by atoms with Gasteiger partial charge in [-0.1, -0.05) is 19.9 Å². The van der Waals surface area contributed by atoms with E-state index in [-0.39, 0.29) is 24.0 Å². The van der Waals surface area contributed by atoms with Crippen molar-refractivity contribution in [3.8, 4) is 0 Å². The van der Waals surface area contributed by atoms with E-state index in [2.05, 4.69) is 47.4 Å². The predicted molar refractivity (Wildman–Crippen MR) is 118 cm³/mol. The van der Waals surface area contributed by atoms with Gasteiger partial charge in [-0.05, 0) is 30.9 Å². The minimum atomic E-state index is 0. The molecule has 0 saturated carbocycles. The summed E-state index contributed by atoms with van der Waals surface area (Å²) in [6, 6.07) is 4.54. The SMILES string of the molecule is CCNC(=NCC(C(C)C)N1CCOCC1)NCCc1cccnc1.I. The molecule has 2 N–H and O–H groups in total. The summed E-state index contributed by atoms with van der Waals surface area (Å²) in [5, 5.41) is 6.78. The lowest BCUT2D eigenvalue weighted by molar-refractivity contribution is 0.00867. The number of aromatic nitrogens is 1. The Hall–Kier alpha value is -0.930. The van der Waals surface area contributed by atoms with Crippen LogP contribution in [0.2, 0.25) is 0 Å². The fourth-order valence-corrected chi connectivity index (χ4v) is 3.05. The molecule has 0 aliphatic carbocycles. The fraction of sp³-hybridized carbons (Fsp3) is 0.684. The Bertz CT molecular complexity index is 506. The van der Waals surface area contributed by atoms with Crippen molar-refractivity contribution in [1.29, 1.82) is 0 Å². The lowest BCUT2D eigenvalue weighted by Crippen LogP contribution is -2.48. The van der Waals surface area contributed by atoms with Gasteiger partial charge in [0.2, 0.25) is 0 Å². The third-order valence-corrected chi connectivity index (χ3v) is 4.49. The van der Waals surface area contributed by atoms with Crippen molar-refractivity contribution in [3.63, 3.8) is 0 Å². The zero-order valence-electron chi connectivity index (χ0n) is 16.3. The number of ether oxygens (including phenoxy) is 1. The number of pyridine rings is 1. The average Bonchev–Trinajstić information content (AvgIpc) is 2.63. The van der Waals surface area contributed by atoms with Crippen molar-refractivity contribution >= 4 is 29.9 Å². The third kappa shape index (κ3) is 8.18. The van der Waals surface area contributed by atoms with Crippen molar-refractivity contribution in [3.05, 3.63) is 30.1 Å². The number of aliphatic imine (C=N–C) groups is 1. The van der Waals surface area contributed by atoms with Gasteiger partial charge in [-0.2, -0.15) is 0 Å². The molecule has 1 aliphatic heterocycles. The minimum Gasteiger partial charge on any atom is -0.379 e. The molecule has 148 valence electrons. The number of nitrogens with one attached hydrogen (secondary N) is 2. The number of hydrogen-bond acceptors (Lipinski definition) is 4. The van der Waals surface area contributed by atoms with Crippen molar-refractivity contribution in [1.82, 2.24) is 20.5 Å². The maximum atomic E-state index is 5.48. The fourth-order valence-electron chi connectivity index (χ4n) is 3.05. The molecule has 26 heavy (non-hydrogen) atoms. The van der Waals surface area contributed by atoms with Gasteiger partial charge in [0.05, 0.1) is 19.8 Å². The molecule has 1 aromatic rings. The van der Waals surface area contributed by atoms with Crippen molar-refractivity contribution in [2.45, 2.75) is 33.2 Å². The van der Waals surface area contributed by atoms with Gasteiger partial charge in [-0.15, -0.1) is 24.0 Å². The molecule has 0 aromatic carbocycles. The van der Waals surface area contributed by atoms with E-state index in [1.165, 1.54) is 5.56 Å². The molecular weight excluding hydrogens is 441 g/mol.